The maximum absolute atomic E-state index is 12.8. The number of hydrogen-bond acceptors (Lipinski definition) is 3. The van der Waals surface area contributed by atoms with Gasteiger partial charge in [0, 0.05) is 6.54 Å². The van der Waals surface area contributed by atoms with Crippen molar-refractivity contribution < 1.29 is 37.1 Å². The molecule has 1 fully saturated rings. The minimum absolute atomic E-state index is 0.0622. The molecule has 1 saturated heterocycles. The zero-order chi connectivity index (χ0) is 14.1. The molecule has 0 spiro atoms. The number of amides is 2. The van der Waals surface area contributed by atoms with Gasteiger partial charge < -0.3 is 15.3 Å². The van der Waals surface area contributed by atoms with Crippen LogP contribution in [-0.2, 0) is 14.4 Å². The summed E-state index contributed by atoms with van der Waals surface area (Å²) < 4.78 is 49.6. The first-order chi connectivity index (χ1) is 8.17. The fourth-order valence-electron chi connectivity index (χ4n) is 1.36. The van der Waals surface area contributed by atoms with E-state index in [2.05, 4.69) is 0 Å². The first-order valence-corrected chi connectivity index (χ1v) is 4.64. The Labute approximate surface area is 97.5 Å². The minimum atomic E-state index is -5.02. The van der Waals surface area contributed by atoms with Crippen molar-refractivity contribution in [2.75, 3.05) is 13.1 Å². The van der Waals surface area contributed by atoms with Crippen molar-refractivity contribution in [2.24, 2.45) is 0 Å². The topological polar surface area (TPSA) is 86.7 Å². The quantitative estimate of drug-likeness (QED) is 0.665. The number of carboxylic acid groups (broad SMARTS) is 1. The molecule has 1 heterocycles. The third-order valence-corrected chi connectivity index (χ3v) is 2.29. The fraction of sp³-hybridized carbons (Fsp3) is 0.625. The van der Waals surface area contributed by atoms with Crippen LogP contribution < -0.4 is 5.32 Å². The smallest absolute Gasteiger partial charge is 0.383 e. The minimum Gasteiger partial charge on any atom is -0.480 e. The van der Waals surface area contributed by atoms with Gasteiger partial charge >= 0.3 is 24.2 Å². The van der Waals surface area contributed by atoms with Crippen LogP contribution >= 0.6 is 0 Å². The molecular weight excluding hydrogens is 264 g/mol. The number of carbonyl (C=O) groups excluding carboxylic acids is 2. The normalized spacial score (nSPS) is 20.8. The molecule has 1 unspecified atom stereocenters. The van der Waals surface area contributed by atoms with Crippen molar-refractivity contribution in [3.05, 3.63) is 0 Å². The number of piperazine rings is 1. The van der Waals surface area contributed by atoms with E-state index in [9.17, 15) is 31.9 Å². The van der Waals surface area contributed by atoms with Crippen molar-refractivity contribution in [1.82, 2.24) is 10.2 Å². The average Bonchev–Trinajstić information content (AvgIpc) is 2.27. The molecule has 102 valence electrons. The summed E-state index contributed by atoms with van der Waals surface area (Å²) in [4.78, 5) is 32.7. The molecule has 0 bridgehead atoms. The summed E-state index contributed by atoms with van der Waals surface area (Å²) in [5, 5.41) is 10.7. The van der Waals surface area contributed by atoms with Gasteiger partial charge in [-0.05, 0) is 0 Å². The van der Waals surface area contributed by atoms with Crippen LogP contribution in [0.2, 0.25) is 0 Å². The fourth-order valence-corrected chi connectivity index (χ4v) is 1.36. The van der Waals surface area contributed by atoms with Crippen LogP contribution in [0.3, 0.4) is 0 Å². The Morgan fingerprint density at radius 1 is 1.44 bits per heavy atom. The monoisotopic (exact) mass is 272 g/mol. The third kappa shape index (κ3) is 2.51. The lowest BCUT2D eigenvalue weighted by Gasteiger charge is -2.34. The van der Waals surface area contributed by atoms with Crippen LogP contribution in [0.25, 0.3) is 0 Å². The summed E-state index contributed by atoms with van der Waals surface area (Å²) in [5.74, 6) is -9.97. The van der Waals surface area contributed by atoms with E-state index in [1.807, 2.05) is 5.32 Å². The van der Waals surface area contributed by atoms with Crippen molar-refractivity contribution in [3.8, 4) is 0 Å². The predicted molar refractivity (Wildman–Crippen MR) is 47.1 cm³/mol. The zero-order valence-electron chi connectivity index (χ0n) is 8.70. The number of aliphatic carboxylic acids is 1. The van der Waals surface area contributed by atoms with Crippen LogP contribution in [0.15, 0.2) is 0 Å². The molecule has 1 aliphatic heterocycles. The Kier molecular flexibility index (Phi) is 3.77. The number of carboxylic acids is 1. The number of rotatable bonds is 3. The Bertz CT molecular complexity index is 387. The number of carbonyl (C=O) groups is 3. The summed E-state index contributed by atoms with van der Waals surface area (Å²) >= 11 is 0. The largest absolute Gasteiger partial charge is 0.480 e. The van der Waals surface area contributed by atoms with Crippen LogP contribution in [0.1, 0.15) is 0 Å². The van der Waals surface area contributed by atoms with E-state index in [0.29, 0.717) is 0 Å². The van der Waals surface area contributed by atoms with Gasteiger partial charge in [-0.3, -0.25) is 9.59 Å². The van der Waals surface area contributed by atoms with Gasteiger partial charge in [0.15, 0.2) is 0 Å². The van der Waals surface area contributed by atoms with Gasteiger partial charge in [0.2, 0.25) is 5.91 Å². The molecule has 0 saturated carbocycles. The number of alkyl halides is 4. The number of halogens is 4. The van der Waals surface area contributed by atoms with Gasteiger partial charge in [-0.2, -0.15) is 8.78 Å². The summed E-state index contributed by atoms with van der Waals surface area (Å²) in [5.41, 5.74) is 0. The standard InChI is InChI=1S/C8H8F4N2O4/c9-6(10)8(11,12)7(18)14-2-4(15)13-1-3(14)5(16)17/h3,6H,1-2H2,(H,13,15)(H,16,17). The number of hydrogen-bond donors (Lipinski definition) is 2. The molecule has 10 heteroatoms. The summed E-state index contributed by atoms with van der Waals surface area (Å²) in [6.07, 6.45) is -4.27. The molecule has 0 aromatic heterocycles. The van der Waals surface area contributed by atoms with Gasteiger partial charge in [0.1, 0.15) is 12.6 Å². The maximum atomic E-state index is 12.8. The lowest BCUT2D eigenvalue weighted by molar-refractivity contribution is -0.187. The highest BCUT2D eigenvalue weighted by Gasteiger charge is 2.54. The molecule has 18 heavy (non-hydrogen) atoms. The maximum Gasteiger partial charge on any atom is 0.383 e. The first-order valence-electron chi connectivity index (χ1n) is 4.64. The Morgan fingerprint density at radius 2 is 2.00 bits per heavy atom. The summed E-state index contributed by atoms with van der Waals surface area (Å²) in [6, 6.07) is -1.79. The van der Waals surface area contributed by atoms with Crippen LogP contribution in [-0.4, -0.2) is 59.3 Å². The molecular formula is C8H8F4N2O4. The van der Waals surface area contributed by atoms with Crippen LogP contribution in [0.4, 0.5) is 17.6 Å². The molecule has 2 amide bonds. The van der Waals surface area contributed by atoms with E-state index in [1.165, 1.54) is 0 Å². The predicted octanol–water partition coefficient (Wildman–Crippen LogP) is -0.702. The van der Waals surface area contributed by atoms with E-state index < -0.39 is 49.3 Å². The second kappa shape index (κ2) is 4.78. The molecule has 0 aromatic rings. The number of nitrogens with one attached hydrogen (secondary N) is 1. The third-order valence-electron chi connectivity index (χ3n) is 2.29. The number of nitrogens with zero attached hydrogens (tertiary/aromatic N) is 1. The first kappa shape index (κ1) is 14.2. The Balaban J connectivity index is 2.99. The van der Waals surface area contributed by atoms with Gasteiger partial charge in [0.05, 0.1) is 0 Å². The van der Waals surface area contributed by atoms with E-state index in [4.69, 9.17) is 5.11 Å². The van der Waals surface area contributed by atoms with Gasteiger partial charge in [0.25, 0.3) is 0 Å². The van der Waals surface area contributed by atoms with Crippen LogP contribution in [0, 0.1) is 0 Å². The molecule has 0 aromatic carbocycles. The average molecular weight is 272 g/mol. The lowest BCUT2D eigenvalue weighted by atomic mass is 10.1. The van der Waals surface area contributed by atoms with E-state index in [1.54, 1.807) is 0 Å². The molecule has 6 nitrogen and oxygen atoms in total. The summed E-state index contributed by atoms with van der Waals surface area (Å²) in [6.45, 7) is -1.61. The Morgan fingerprint density at radius 3 is 2.44 bits per heavy atom. The highest BCUT2D eigenvalue weighted by Crippen LogP contribution is 2.26. The van der Waals surface area contributed by atoms with Gasteiger partial charge in [-0.1, -0.05) is 0 Å². The molecule has 0 aliphatic carbocycles. The van der Waals surface area contributed by atoms with E-state index >= 15 is 0 Å². The highest BCUT2D eigenvalue weighted by molar-refractivity contribution is 5.94. The van der Waals surface area contributed by atoms with E-state index in [-0.39, 0.29) is 4.90 Å². The highest BCUT2D eigenvalue weighted by atomic mass is 19.3. The van der Waals surface area contributed by atoms with Crippen molar-refractivity contribution in [2.45, 2.75) is 18.4 Å². The molecule has 0 radical (unpaired) electrons. The van der Waals surface area contributed by atoms with Crippen molar-refractivity contribution in [3.63, 3.8) is 0 Å². The lowest BCUT2D eigenvalue weighted by Crippen LogP contribution is -2.63. The second-order valence-corrected chi connectivity index (χ2v) is 3.51. The Hall–Kier alpha value is -1.87. The van der Waals surface area contributed by atoms with Crippen molar-refractivity contribution >= 4 is 17.8 Å². The second-order valence-electron chi connectivity index (χ2n) is 3.51. The molecule has 1 rings (SSSR count). The molecule has 1 aliphatic rings. The van der Waals surface area contributed by atoms with Gasteiger partial charge in [-0.25, -0.2) is 13.6 Å². The van der Waals surface area contributed by atoms with E-state index in [0.717, 1.165) is 0 Å². The SMILES string of the molecule is O=C1CN(C(=O)C(F)(F)C(F)F)C(C(=O)O)CN1. The molecule has 2 N–H and O–H groups in total. The van der Waals surface area contributed by atoms with Gasteiger partial charge in [-0.15, -0.1) is 0 Å². The van der Waals surface area contributed by atoms with Crippen LogP contribution in [0.5, 0.6) is 0 Å². The summed E-state index contributed by atoms with van der Waals surface area (Å²) in [7, 11) is 0. The zero-order valence-corrected chi connectivity index (χ0v) is 8.70. The van der Waals surface area contributed by atoms with Crippen molar-refractivity contribution in [1.29, 1.82) is 0 Å². The molecule has 1 atom stereocenters.